The first-order chi connectivity index (χ1) is 15.2. The summed E-state index contributed by atoms with van der Waals surface area (Å²) in [4.78, 5) is 25.2. The summed E-state index contributed by atoms with van der Waals surface area (Å²) in [6, 6.07) is 18.0. The molecular formula is C24H26N2O5S. The fraction of sp³-hybridized carbons (Fsp3) is 0.250. The molecule has 1 heterocycles. The third kappa shape index (κ3) is 5.85. The molecule has 8 heteroatoms. The minimum atomic E-state index is -3.57. The molecule has 32 heavy (non-hydrogen) atoms. The molecule has 2 aromatic carbocycles. The van der Waals surface area contributed by atoms with Crippen molar-refractivity contribution in [2.45, 2.75) is 26.8 Å². The number of rotatable bonds is 9. The maximum Gasteiger partial charge on any atom is 0.340 e. The molecule has 0 aliphatic heterocycles. The molecule has 0 fully saturated rings. The molecule has 1 N–H and O–H groups in total. The highest BCUT2D eigenvalue weighted by molar-refractivity contribution is 7.92. The van der Waals surface area contributed by atoms with Crippen LogP contribution in [0.4, 0.5) is 5.69 Å². The lowest BCUT2D eigenvalue weighted by Gasteiger charge is -2.11. The van der Waals surface area contributed by atoms with Crippen LogP contribution in [0.15, 0.2) is 60.7 Å². The van der Waals surface area contributed by atoms with E-state index in [1.807, 2.05) is 32.0 Å². The van der Waals surface area contributed by atoms with Gasteiger partial charge in [0.25, 0.3) is 0 Å². The van der Waals surface area contributed by atoms with Crippen molar-refractivity contribution in [1.29, 1.82) is 0 Å². The Morgan fingerprint density at radius 2 is 1.62 bits per heavy atom. The maximum absolute atomic E-state index is 12.8. The number of Topliss-reactive ketones (excluding diaryl/α,β-unsaturated/α-hetero) is 1. The highest BCUT2D eigenvalue weighted by Crippen LogP contribution is 2.19. The van der Waals surface area contributed by atoms with E-state index in [0.717, 1.165) is 30.6 Å². The molecule has 0 radical (unpaired) electrons. The number of nitrogens with zero attached hydrogens (tertiary/aromatic N) is 1. The highest BCUT2D eigenvalue weighted by Gasteiger charge is 2.20. The minimum absolute atomic E-state index is 0.0408. The predicted molar refractivity (Wildman–Crippen MR) is 124 cm³/mol. The summed E-state index contributed by atoms with van der Waals surface area (Å²) in [6.07, 6.45) is 1.83. The van der Waals surface area contributed by atoms with Crippen LogP contribution < -0.4 is 4.72 Å². The SMILES string of the molecule is Cc1cc(C(=O)COC(=O)c2ccccc2NS(C)(=O)=O)c(C)n1CCc1ccccc1. The van der Waals surface area contributed by atoms with E-state index in [2.05, 4.69) is 21.4 Å². The number of carbonyl (C=O) groups excluding carboxylic acids is 2. The quantitative estimate of drug-likeness (QED) is 0.392. The highest BCUT2D eigenvalue weighted by atomic mass is 32.2. The van der Waals surface area contributed by atoms with E-state index < -0.39 is 22.6 Å². The summed E-state index contributed by atoms with van der Waals surface area (Å²) in [6.45, 7) is 4.11. The van der Waals surface area contributed by atoms with Crippen molar-refractivity contribution in [3.8, 4) is 0 Å². The number of ether oxygens (including phenoxy) is 1. The fourth-order valence-electron chi connectivity index (χ4n) is 3.55. The number of nitrogens with one attached hydrogen (secondary N) is 1. The molecule has 3 aromatic rings. The van der Waals surface area contributed by atoms with E-state index in [1.54, 1.807) is 18.2 Å². The first kappa shape index (κ1) is 23.3. The van der Waals surface area contributed by atoms with Gasteiger partial charge in [0, 0.05) is 23.5 Å². The van der Waals surface area contributed by atoms with Crippen molar-refractivity contribution in [3.05, 3.63) is 88.7 Å². The molecule has 0 unspecified atom stereocenters. The zero-order valence-corrected chi connectivity index (χ0v) is 19.1. The van der Waals surface area contributed by atoms with Gasteiger partial charge < -0.3 is 9.30 Å². The second kappa shape index (κ2) is 9.82. The van der Waals surface area contributed by atoms with Crippen LogP contribution in [0.5, 0.6) is 0 Å². The zero-order valence-electron chi connectivity index (χ0n) is 18.3. The normalized spacial score (nSPS) is 11.2. The van der Waals surface area contributed by atoms with Crippen LogP contribution in [0.2, 0.25) is 0 Å². The molecule has 168 valence electrons. The van der Waals surface area contributed by atoms with Gasteiger partial charge in [0.1, 0.15) is 0 Å². The molecule has 3 rings (SSSR count). The smallest absolute Gasteiger partial charge is 0.340 e. The van der Waals surface area contributed by atoms with Crippen molar-refractivity contribution in [1.82, 2.24) is 4.57 Å². The second-order valence-electron chi connectivity index (χ2n) is 7.59. The maximum atomic E-state index is 12.8. The number of carbonyl (C=O) groups is 2. The van der Waals surface area contributed by atoms with Crippen LogP contribution in [0.3, 0.4) is 0 Å². The number of para-hydroxylation sites is 1. The molecule has 0 amide bonds. The first-order valence-electron chi connectivity index (χ1n) is 10.1. The Bertz CT molecular complexity index is 1230. The van der Waals surface area contributed by atoms with Crippen molar-refractivity contribution in [3.63, 3.8) is 0 Å². The summed E-state index contributed by atoms with van der Waals surface area (Å²) in [5.41, 5.74) is 3.63. The molecule has 0 spiro atoms. The van der Waals surface area contributed by atoms with Gasteiger partial charge in [-0.3, -0.25) is 9.52 Å². The van der Waals surface area contributed by atoms with Gasteiger partial charge in [-0.15, -0.1) is 0 Å². The van der Waals surface area contributed by atoms with E-state index in [0.29, 0.717) is 5.56 Å². The monoisotopic (exact) mass is 454 g/mol. The number of esters is 1. The lowest BCUT2D eigenvalue weighted by molar-refractivity contribution is 0.0475. The fourth-order valence-corrected chi connectivity index (χ4v) is 4.13. The third-order valence-electron chi connectivity index (χ3n) is 5.12. The summed E-state index contributed by atoms with van der Waals surface area (Å²) < 4.78 is 32.6. The van der Waals surface area contributed by atoms with Crippen molar-refractivity contribution in [2.24, 2.45) is 0 Å². The predicted octanol–water partition coefficient (Wildman–Crippen LogP) is 3.76. The second-order valence-corrected chi connectivity index (χ2v) is 9.34. The number of hydrogen-bond acceptors (Lipinski definition) is 5. The first-order valence-corrected chi connectivity index (χ1v) is 12.0. The Balaban J connectivity index is 1.67. The molecule has 0 atom stereocenters. The molecular weight excluding hydrogens is 428 g/mol. The number of sulfonamides is 1. The van der Waals surface area contributed by atoms with Gasteiger partial charge in [0.15, 0.2) is 6.61 Å². The van der Waals surface area contributed by atoms with E-state index in [9.17, 15) is 18.0 Å². The number of aryl methyl sites for hydroxylation is 2. The molecule has 1 aromatic heterocycles. The van der Waals surface area contributed by atoms with Crippen molar-refractivity contribution < 1.29 is 22.7 Å². The third-order valence-corrected chi connectivity index (χ3v) is 5.71. The summed E-state index contributed by atoms with van der Waals surface area (Å²) in [7, 11) is -3.57. The zero-order chi connectivity index (χ0) is 23.3. The Labute approximate surface area is 188 Å². The molecule has 0 saturated heterocycles. The standard InChI is InChI=1S/C24H26N2O5S/c1-17-15-21(18(2)26(17)14-13-19-9-5-4-6-10-19)23(27)16-31-24(28)20-11-7-8-12-22(20)25-32(3,29)30/h4-12,15,25H,13-14,16H2,1-3H3. The van der Waals surface area contributed by atoms with Crippen LogP contribution in [0.25, 0.3) is 0 Å². The lowest BCUT2D eigenvalue weighted by Crippen LogP contribution is -2.18. The average Bonchev–Trinajstić information content (AvgIpc) is 3.03. The van der Waals surface area contributed by atoms with E-state index in [-0.39, 0.29) is 17.0 Å². The molecule has 0 saturated carbocycles. The Kier molecular flexibility index (Phi) is 7.15. The van der Waals surface area contributed by atoms with Crippen molar-refractivity contribution >= 4 is 27.5 Å². The molecule has 0 aliphatic carbocycles. The van der Waals surface area contributed by atoms with E-state index >= 15 is 0 Å². The van der Waals surface area contributed by atoms with Gasteiger partial charge in [-0.1, -0.05) is 42.5 Å². The van der Waals surface area contributed by atoms with Gasteiger partial charge in [-0.05, 0) is 44.0 Å². The number of hydrogen-bond donors (Lipinski definition) is 1. The van der Waals surface area contributed by atoms with Crippen LogP contribution in [-0.2, 0) is 27.7 Å². The lowest BCUT2D eigenvalue weighted by atomic mass is 10.1. The van der Waals surface area contributed by atoms with E-state index in [1.165, 1.54) is 17.7 Å². The number of ketones is 1. The van der Waals surface area contributed by atoms with Crippen molar-refractivity contribution in [2.75, 3.05) is 17.6 Å². The van der Waals surface area contributed by atoms with Gasteiger partial charge in [0.2, 0.25) is 15.8 Å². The molecule has 0 bridgehead atoms. The summed E-state index contributed by atoms with van der Waals surface area (Å²) in [5.74, 6) is -1.09. The van der Waals surface area contributed by atoms with Crippen LogP contribution in [0.1, 0.15) is 37.7 Å². The van der Waals surface area contributed by atoms with Crippen LogP contribution in [-0.4, -0.2) is 37.6 Å². The minimum Gasteiger partial charge on any atom is -0.454 e. The van der Waals surface area contributed by atoms with Gasteiger partial charge >= 0.3 is 5.97 Å². The van der Waals surface area contributed by atoms with Gasteiger partial charge in [-0.25, -0.2) is 13.2 Å². The van der Waals surface area contributed by atoms with Crippen LogP contribution in [0, 0.1) is 13.8 Å². The van der Waals surface area contributed by atoms with Gasteiger partial charge in [0.05, 0.1) is 17.5 Å². The number of aromatic nitrogens is 1. The number of anilines is 1. The van der Waals surface area contributed by atoms with Crippen LogP contribution >= 0.6 is 0 Å². The number of benzene rings is 2. The molecule has 0 aliphatic rings. The Morgan fingerprint density at radius 3 is 2.31 bits per heavy atom. The summed E-state index contributed by atoms with van der Waals surface area (Å²) in [5, 5.41) is 0. The topological polar surface area (TPSA) is 94.5 Å². The average molecular weight is 455 g/mol. The van der Waals surface area contributed by atoms with E-state index in [4.69, 9.17) is 4.74 Å². The Hall–Kier alpha value is -3.39. The molecule has 7 nitrogen and oxygen atoms in total. The summed E-state index contributed by atoms with van der Waals surface area (Å²) >= 11 is 0. The Morgan fingerprint density at radius 1 is 0.969 bits per heavy atom. The van der Waals surface area contributed by atoms with Gasteiger partial charge in [-0.2, -0.15) is 0 Å². The largest absolute Gasteiger partial charge is 0.454 e.